The van der Waals surface area contributed by atoms with Crippen LogP contribution in [-0.2, 0) is 14.1 Å². The molecule has 3 aromatic rings. The van der Waals surface area contributed by atoms with Crippen molar-refractivity contribution >= 4 is 17.1 Å². The number of hydrogen-bond acceptors (Lipinski definition) is 6. The molecular formula is C17H20N6O4. The molecule has 0 radical (unpaired) electrons. The molecule has 10 heteroatoms. The number of amides is 1. The monoisotopic (exact) mass is 372 g/mol. The second kappa shape index (κ2) is 6.22. The fourth-order valence-corrected chi connectivity index (χ4v) is 3.52. The maximum absolute atomic E-state index is 12.5. The number of rotatable bonds is 2. The molecule has 1 amide bonds. The van der Waals surface area contributed by atoms with E-state index in [1.54, 1.807) is 24.9 Å². The van der Waals surface area contributed by atoms with E-state index in [0.29, 0.717) is 54.4 Å². The van der Waals surface area contributed by atoms with Crippen LogP contribution in [0.3, 0.4) is 0 Å². The molecule has 142 valence electrons. The Morgan fingerprint density at radius 2 is 1.93 bits per heavy atom. The van der Waals surface area contributed by atoms with E-state index in [0.717, 1.165) is 4.57 Å². The van der Waals surface area contributed by atoms with Gasteiger partial charge >= 0.3 is 5.69 Å². The Morgan fingerprint density at radius 3 is 2.56 bits per heavy atom. The molecule has 1 fully saturated rings. The molecule has 0 bridgehead atoms. The molecule has 1 aliphatic rings. The first-order valence-electron chi connectivity index (χ1n) is 8.75. The van der Waals surface area contributed by atoms with Gasteiger partial charge in [-0.15, -0.1) is 0 Å². The van der Waals surface area contributed by atoms with Crippen molar-refractivity contribution in [3.05, 3.63) is 44.2 Å². The molecule has 0 atom stereocenters. The normalized spacial score (nSPS) is 15.6. The lowest BCUT2D eigenvalue weighted by molar-refractivity contribution is 0.0700. The van der Waals surface area contributed by atoms with Crippen molar-refractivity contribution in [1.82, 2.24) is 29.2 Å². The maximum atomic E-state index is 12.5. The Kier molecular flexibility index (Phi) is 3.97. The molecule has 0 aliphatic carbocycles. The smallest absolute Gasteiger partial charge is 0.332 e. The number of aryl methyl sites for hydroxylation is 2. The Labute approximate surface area is 153 Å². The number of aromatic amines is 1. The predicted molar refractivity (Wildman–Crippen MR) is 95.7 cm³/mol. The van der Waals surface area contributed by atoms with Gasteiger partial charge in [0.15, 0.2) is 11.3 Å². The van der Waals surface area contributed by atoms with E-state index < -0.39 is 5.69 Å². The van der Waals surface area contributed by atoms with E-state index in [2.05, 4.69) is 15.1 Å². The standard InChI is InChI=1S/C17H20N6O4/c1-9-8-11(20-27-9)15(24)23-6-4-10(5-7-23)13-18-12-14(19-13)21(2)17(26)22(3)16(12)25/h8,10H,4-7H2,1-3H3,(H,18,19). The summed E-state index contributed by atoms with van der Waals surface area (Å²) in [5.74, 6) is 1.21. The van der Waals surface area contributed by atoms with Gasteiger partial charge in [-0.25, -0.2) is 9.78 Å². The lowest BCUT2D eigenvalue weighted by Gasteiger charge is -2.30. The van der Waals surface area contributed by atoms with Gasteiger partial charge in [0.05, 0.1) is 0 Å². The van der Waals surface area contributed by atoms with Crippen molar-refractivity contribution in [3.63, 3.8) is 0 Å². The average Bonchev–Trinajstić information content (AvgIpc) is 3.31. The number of nitrogens with one attached hydrogen (secondary N) is 1. The number of aromatic nitrogens is 5. The zero-order valence-electron chi connectivity index (χ0n) is 15.4. The molecule has 0 aromatic carbocycles. The molecule has 4 rings (SSSR count). The van der Waals surface area contributed by atoms with E-state index in [1.807, 2.05) is 0 Å². The summed E-state index contributed by atoms with van der Waals surface area (Å²) in [6.07, 6.45) is 1.41. The van der Waals surface area contributed by atoms with Crippen LogP contribution in [-0.4, -0.2) is 48.2 Å². The molecular weight excluding hydrogens is 352 g/mol. The predicted octanol–water partition coefficient (Wildman–Crippen LogP) is 0.277. The largest absolute Gasteiger partial charge is 0.361 e. The van der Waals surface area contributed by atoms with E-state index in [1.165, 1.54) is 11.6 Å². The molecule has 27 heavy (non-hydrogen) atoms. The summed E-state index contributed by atoms with van der Waals surface area (Å²) >= 11 is 0. The lowest BCUT2D eigenvalue weighted by atomic mass is 9.96. The summed E-state index contributed by atoms with van der Waals surface area (Å²) in [6, 6.07) is 1.63. The van der Waals surface area contributed by atoms with Crippen LogP contribution in [0.2, 0.25) is 0 Å². The van der Waals surface area contributed by atoms with Gasteiger partial charge < -0.3 is 14.4 Å². The molecule has 3 aromatic heterocycles. The molecule has 1 N–H and O–H groups in total. The van der Waals surface area contributed by atoms with Gasteiger partial charge in [0.1, 0.15) is 17.1 Å². The van der Waals surface area contributed by atoms with E-state index in [-0.39, 0.29) is 17.4 Å². The highest BCUT2D eigenvalue weighted by atomic mass is 16.5. The van der Waals surface area contributed by atoms with Crippen LogP contribution in [0.4, 0.5) is 0 Å². The van der Waals surface area contributed by atoms with E-state index in [9.17, 15) is 14.4 Å². The Balaban J connectivity index is 1.56. The maximum Gasteiger partial charge on any atom is 0.332 e. The third kappa shape index (κ3) is 2.77. The first-order chi connectivity index (χ1) is 12.9. The minimum atomic E-state index is -0.408. The molecule has 1 aliphatic heterocycles. The first-order valence-corrected chi connectivity index (χ1v) is 8.75. The van der Waals surface area contributed by atoms with Gasteiger partial charge in [0.2, 0.25) is 0 Å². The van der Waals surface area contributed by atoms with Crippen LogP contribution < -0.4 is 11.2 Å². The fourth-order valence-electron chi connectivity index (χ4n) is 3.52. The highest BCUT2D eigenvalue weighted by Gasteiger charge is 2.28. The van der Waals surface area contributed by atoms with Crippen molar-refractivity contribution in [2.24, 2.45) is 14.1 Å². The van der Waals surface area contributed by atoms with Crippen LogP contribution in [0.25, 0.3) is 11.2 Å². The number of H-pyrrole nitrogens is 1. The van der Waals surface area contributed by atoms with Crippen molar-refractivity contribution in [3.8, 4) is 0 Å². The van der Waals surface area contributed by atoms with Crippen molar-refractivity contribution < 1.29 is 9.32 Å². The zero-order chi connectivity index (χ0) is 19.3. The van der Waals surface area contributed by atoms with Gasteiger partial charge in [-0.1, -0.05) is 5.16 Å². The van der Waals surface area contributed by atoms with Crippen LogP contribution in [0.1, 0.15) is 40.8 Å². The average molecular weight is 372 g/mol. The quantitative estimate of drug-likeness (QED) is 0.690. The van der Waals surface area contributed by atoms with E-state index in [4.69, 9.17) is 4.52 Å². The number of fused-ring (bicyclic) bond motifs is 1. The summed E-state index contributed by atoms with van der Waals surface area (Å²) < 4.78 is 7.39. The zero-order valence-corrected chi connectivity index (χ0v) is 15.4. The Hall–Kier alpha value is -3.17. The number of likely N-dealkylation sites (tertiary alicyclic amines) is 1. The summed E-state index contributed by atoms with van der Waals surface area (Å²) in [5.41, 5.74) is 0.198. The fraction of sp³-hybridized carbons (Fsp3) is 0.471. The number of nitrogens with zero attached hydrogens (tertiary/aromatic N) is 5. The van der Waals surface area contributed by atoms with Gasteiger partial charge in [-0.2, -0.15) is 0 Å². The van der Waals surface area contributed by atoms with Crippen molar-refractivity contribution in [1.29, 1.82) is 0 Å². The van der Waals surface area contributed by atoms with Gasteiger partial charge in [-0.05, 0) is 19.8 Å². The third-order valence-corrected chi connectivity index (χ3v) is 5.13. The summed E-state index contributed by atoms with van der Waals surface area (Å²) in [4.78, 5) is 46.1. The molecule has 1 saturated heterocycles. The van der Waals surface area contributed by atoms with Crippen LogP contribution in [0, 0.1) is 6.92 Å². The summed E-state index contributed by atoms with van der Waals surface area (Å²) in [6.45, 7) is 2.86. The van der Waals surface area contributed by atoms with Gasteiger partial charge in [-0.3, -0.25) is 18.7 Å². The summed E-state index contributed by atoms with van der Waals surface area (Å²) in [7, 11) is 3.04. The Morgan fingerprint density at radius 1 is 1.22 bits per heavy atom. The van der Waals surface area contributed by atoms with Crippen LogP contribution >= 0.6 is 0 Å². The van der Waals surface area contributed by atoms with Gasteiger partial charge in [0, 0.05) is 39.2 Å². The second-order valence-electron chi connectivity index (χ2n) is 6.92. The molecule has 0 saturated carbocycles. The molecule has 10 nitrogen and oxygen atoms in total. The SMILES string of the molecule is Cc1cc(C(=O)N2CCC(c3nc4c([nH]3)c(=O)n(C)c(=O)n4C)CC2)no1. The van der Waals surface area contributed by atoms with Crippen LogP contribution in [0.5, 0.6) is 0 Å². The Bertz CT molecular complexity index is 1140. The number of imidazole rings is 1. The molecule has 4 heterocycles. The minimum absolute atomic E-state index is 0.0836. The number of carbonyl (C=O) groups is 1. The highest BCUT2D eigenvalue weighted by Crippen LogP contribution is 2.27. The number of carbonyl (C=O) groups excluding carboxylic acids is 1. The molecule has 0 spiro atoms. The van der Waals surface area contributed by atoms with Crippen molar-refractivity contribution in [2.75, 3.05) is 13.1 Å². The number of piperidine rings is 1. The number of hydrogen-bond donors (Lipinski definition) is 1. The first kappa shape index (κ1) is 17.3. The molecule has 0 unspecified atom stereocenters. The van der Waals surface area contributed by atoms with Gasteiger partial charge in [0.25, 0.3) is 11.5 Å². The third-order valence-electron chi connectivity index (χ3n) is 5.13. The van der Waals surface area contributed by atoms with Crippen molar-refractivity contribution in [2.45, 2.75) is 25.7 Å². The van der Waals surface area contributed by atoms with E-state index >= 15 is 0 Å². The second-order valence-corrected chi connectivity index (χ2v) is 6.92. The topological polar surface area (TPSA) is 119 Å². The summed E-state index contributed by atoms with van der Waals surface area (Å²) in [5, 5.41) is 3.78. The van der Waals surface area contributed by atoms with Crippen LogP contribution in [0.15, 0.2) is 20.2 Å². The highest BCUT2D eigenvalue weighted by molar-refractivity contribution is 5.92. The lowest BCUT2D eigenvalue weighted by Crippen LogP contribution is -2.38. The minimum Gasteiger partial charge on any atom is -0.361 e.